The van der Waals surface area contributed by atoms with Crippen molar-refractivity contribution < 1.29 is 22.7 Å². The molecule has 7 nitrogen and oxygen atoms in total. The van der Waals surface area contributed by atoms with Crippen LogP contribution in [0, 0.1) is 0 Å². The molecule has 2 aromatic carbocycles. The number of hydrogen-bond donors (Lipinski definition) is 2. The van der Waals surface area contributed by atoms with Crippen molar-refractivity contribution >= 4 is 15.9 Å². The maximum absolute atomic E-state index is 12.4. The van der Waals surface area contributed by atoms with Crippen LogP contribution < -0.4 is 14.8 Å². The minimum atomic E-state index is -3.70. The van der Waals surface area contributed by atoms with Gasteiger partial charge in [0.2, 0.25) is 10.0 Å². The minimum absolute atomic E-state index is 0.0841. The lowest BCUT2D eigenvalue weighted by molar-refractivity contribution is 0.0937. The Morgan fingerprint density at radius 3 is 2.38 bits per heavy atom. The van der Waals surface area contributed by atoms with Crippen molar-refractivity contribution in [3.05, 3.63) is 59.7 Å². The predicted octanol–water partition coefficient (Wildman–Crippen LogP) is 1.55. The van der Waals surface area contributed by atoms with Crippen LogP contribution in [0.4, 0.5) is 0 Å². The van der Waals surface area contributed by atoms with E-state index < -0.39 is 10.0 Å². The van der Waals surface area contributed by atoms with Crippen LogP contribution in [-0.2, 0) is 21.3 Å². The Morgan fingerprint density at radius 1 is 1.04 bits per heavy atom. The van der Waals surface area contributed by atoms with Crippen molar-refractivity contribution in [2.24, 2.45) is 0 Å². The third kappa shape index (κ3) is 5.29. The number of hydrogen-bond acceptors (Lipinski definition) is 5. The van der Waals surface area contributed by atoms with Gasteiger partial charge in [-0.15, -0.1) is 0 Å². The molecule has 0 saturated carbocycles. The first-order chi connectivity index (χ1) is 12.5. The zero-order valence-electron chi connectivity index (χ0n) is 14.7. The Kier molecular flexibility index (Phi) is 7.14. The summed E-state index contributed by atoms with van der Waals surface area (Å²) >= 11 is 0. The highest BCUT2D eigenvalue weighted by atomic mass is 32.2. The van der Waals surface area contributed by atoms with Gasteiger partial charge in [0, 0.05) is 31.3 Å². The van der Waals surface area contributed by atoms with Crippen LogP contribution >= 0.6 is 0 Å². The van der Waals surface area contributed by atoms with Crippen molar-refractivity contribution in [2.75, 3.05) is 27.4 Å². The summed E-state index contributed by atoms with van der Waals surface area (Å²) in [7, 11) is -0.627. The largest absolute Gasteiger partial charge is 0.496 e. The SMILES string of the molecule is COCCNC(=O)c1ccc(S(=O)(=O)NCc2ccccc2OC)cc1. The number of amides is 1. The second-order valence-corrected chi connectivity index (χ2v) is 7.18. The van der Waals surface area contributed by atoms with E-state index >= 15 is 0 Å². The second kappa shape index (κ2) is 9.33. The molecule has 0 aromatic heterocycles. The Labute approximate surface area is 153 Å². The first kappa shape index (κ1) is 19.9. The fourth-order valence-corrected chi connectivity index (χ4v) is 3.27. The van der Waals surface area contributed by atoms with Crippen molar-refractivity contribution in [1.82, 2.24) is 10.0 Å². The van der Waals surface area contributed by atoms with Gasteiger partial charge in [-0.1, -0.05) is 18.2 Å². The average Bonchev–Trinajstić information content (AvgIpc) is 2.67. The van der Waals surface area contributed by atoms with Crippen LogP contribution in [0.25, 0.3) is 0 Å². The molecule has 0 saturated heterocycles. The molecule has 0 aliphatic rings. The molecule has 0 radical (unpaired) electrons. The molecule has 0 unspecified atom stereocenters. The number of ether oxygens (including phenoxy) is 2. The van der Waals surface area contributed by atoms with Crippen molar-refractivity contribution in [3.63, 3.8) is 0 Å². The van der Waals surface area contributed by atoms with Crippen LogP contribution in [0.15, 0.2) is 53.4 Å². The second-order valence-electron chi connectivity index (χ2n) is 5.41. The van der Waals surface area contributed by atoms with E-state index in [0.717, 1.165) is 5.56 Å². The monoisotopic (exact) mass is 378 g/mol. The summed E-state index contributed by atoms with van der Waals surface area (Å²) in [6, 6.07) is 12.9. The topological polar surface area (TPSA) is 93.7 Å². The standard InChI is InChI=1S/C18H22N2O5S/c1-24-12-11-19-18(21)14-7-9-16(10-8-14)26(22,23)20-13-15-5-3-4-6-17(15)25-2/h3-10,20H,11-13H2,1-2H3,(H,19,21). The van der Waals surface area contributed by atoms with Crippen molar-refractivity contribution in [2.45, 2.75) is 11.4 Å². The van der Waals surface area contributed by atoms with Crippen LogP contribution in [0.5, 0.6) is 5.75 Å². The van der Waals surface area contributed by atoms with Gasteiger partial charge in [0.1, 0.15) is 5.75 Å². The smallest absolute Gasteiger partial charge is 0.251 e. The first-order valence-corrected chi connectivity index (χ1v) is 9.45. The zero-order chi connectivity index (χ0) is 19.0. The van der Waals surface area contributed by atoms with Crippen LogP contribution in [0.3, 0.4) is 0 Å². The molecule has 0 fully saturated rings. The van der Waals surface area contributed by atoms with E-state index in [1.165, 1.54) is 31.4 Å². The minimum Gasteiger partial charge on any atom is -0.496 e. The van der Waals surface area contributed by atoms with E-state index in [-0.39, 0.29) is 17.3 Å². The molecule has 26 heavy (non-hydrogen) atoms. The van der Waals surface area contributed by atoms with Gasteiger partial charge in [-0.05, 0) is 30.3 Å². The first-order valence-electron chi connectivity index (χ1n) is 7.96. The zero-order valence-corrected chi connectivity index (χ0v) is 15.5. The number of sulfonamides is 1. The summed E-state index contributed by atoms with van der Waals surface area (Å²) in [5, 5.41) is 2.67. The van der Waals surface area contributed by atoms with Crippen molar-refractivity contribution in [1.29, 1.82) is 0 Å². The van der Waals surface area contributed by atoms with E-state index in [9.17, 15) is 13.2 Å². The highest BCUT2D eigenvalue weighted by Gasteiger charge is 2.15. The summed E-state index contributed by atoms with van der Waals surface area (Å²) in [4.78, 5) is 12.0. The third-order valence-corrected chi connectivity index (χ3v) is 5.08. The Morgan fingerprint density at radius 2 is 1.73 bits per heavy atom. The predicted molar refractivity (Wildman–Crippen MR) is 97.7 cm³/mol. The number of carbonyl (C=O) groups is 1. The molecule has 2 aromatic rings. The maximum atomic E-state index is 12.4. The Hall–Kier alpha value is -2.42. The third-order valence-electron chi connectivity index (χ3n) is 3.66. The highest BCUT2D eigenvalue weighted by molar-refractivity contribution is 7.89. The number of benzene rings is 2. The molecule has 0 bridgehead atoms. The molecule has 8 heteroatoms. The molecule has 0 spiro atoms. The molecule has 140 valence electrons. The lowest BCUT2D eigenvalue weighted by Gasteiger charge is -2.10. The van der Waals surface area contributed by atoms with Gasteiger partial charge >= 0.3 is 0 Å². The molecule has 0 heterocycles. The van der Waals surface area contributed by atoms with E-state index in [4.69, 9.17) is 9.47 Å². The van der Waals surface area contributed by atoms with Gasteiger partial charge in [-0.3, -0.25) is 4.79 Å². The number of rotatable bonds is 9. The van der Waals surface area contributed by atoms with Gasteiger partial charge in [-0.2, -0.15) is 0 Å². The lowest BCUT2D eigenvalue weighted by Crippen LogP contribution is -2.27. The summed E-state index contributed by atoms with van der Waals surface area (Å²) in [5.41, 5.74) is 1.11. The summed E-state index contributed by atoms with van der Waals surface area (Å²) in [6.45, 7) is 0.895. The summed E-state index contributed by atoms with van der Waals surface area (Å²) < 4.78 is 37.5. The molecule has 0 aliphatic carbocycles. The molecular formula is C18H22N2O5S. The van der Waals surface area contributed by atoms with Crippen molar-refractivity contribution in [3.8, 4) is 5.75 Å². The van der Waals surface area contributed by atoms with Gasteiger partial charge in [0.15, 0.2) is 0 Å². The van der Waals surface area contributed by atoms with E-state index in [1.54, 1.807) is 19.2 Å². The Bertz CT molecular complexity index is 835. The molecule has 2 N–H and O–H groups in total. The number of para-hydroxylation sites is 1. The number of carbonyl (C=O) groups excluding carboxylic acids is 1. The number of nitrogens with one attached hydrogen (secondary N) is 2. The lowest BCUT2D eigenvalue weighted by atomic mass is 10.2. The fraction of sp³-hybridized carbons (Fsp3) is 0.278. The van der Waals surface area contributed by atoms with Crippen LogP contribution in [0.1, 0.15) is 15.9 Å². The molecule has 0 aliphatic heterocycles. The molecule has 1 amide bonds. The Balaban J connectivity index is 2.03. The summed E-state index contributed by atoms with van der Waals surface area (Å²) in [5.74, 6) is 0.325. The summed E-state index contributed by atoms with van der Waals surface area (Å²) in [6.07, 6.45) is 0. The van der Waals surface area contributed by atoms with E-state index in [0.29, 0.717) is 24.5 Å². The van der Waals surface area contributed by atoms with E-state index in [2.05, 4.69) is 10.0 Å². The van der Waals surface area contributed by atoms with Gasteiger partial charge < -0.3 is 14.8 Å². The fourth-order valence-electron chi connectivity index (χ4n) is 2.26. The van der Waals surface area contributed by atoms with Crippen LogP contribution in [0.2, 0.25) is 0 Å². The maximum Gasteiger partial charge on any atom is 0.251 e. The van der Waals surface area contributed by atoms with Gasteiger partial charge in [-0.25, -0.2) is 13.1 Å². The average molecular weight is 378 g/mol. The normalized spacial score (nSPS) is 11.2. The van der Waals surface area contributed by atoms with E-state index in [1.807, 2.05) is 12.1 Å². The quantitative estimate of drug-likeness (QED) is 0.646. The molecule has 2 rings (SSSR count). The molecule has 0 atom stereocenters. The van der Waals surface area contributed by atoms with Gasteiger partial charge in [0.25, 0.3) is 5.91 Å². The van der Waals surface area contributed by atoms with Crippen LogP contribution in [-0.4, -0.2) is 41.7 Å². The number of methoxy groups -OCH3 is 2. The van der Waals surface area contributed by atoms with Gasteiger partial charge in [0.05, 0.1) is 18.6 Å². The molecular weight excluding hydrogens is 356 g/mol. The highest BCUT2D eigenvalue weighted by Crippen LogP contribution is 2.18.